The fraction of sp³-hybridized carbons (Fsp3) is 0.444. The number of aromatic nitrogens is 2. The summed E-state index contributed by atoms with van der Waals surface area (Å²) in [5, 5.41) is 4.03. The lowest BCUT2D eigenvalue weighted by atomic mass is 10.1. The average molecular weight is 178 g/mol. The Hall–Kier alpha value is -1.45. The smallest absolute Gasteiger partial charge is 0.164 e. The number of hydrazone groups is 1. The fourth-order valence-electron chi connectivity index (χ4n) is 0.693. The van der Waals surface area contributed by atoms with Crippen molar-refractivity contribution in [2.75, 3.05) is 5.43 Å². The van der Waals surface area contributed by atoms with Crippen LogP contribution < -0.4 is 5.43 Å². The monoisotopic (exact) mass is 178 g/mol. The van der Waals surface area contributed by atoms with Gasteiger partial charge in [-0.3, -0.25) is 10.4 Å². The van der Waals surface area contributed by atoms with Gasteiger partial charge in [0.05, 0.1) is 6.20 Å². The van der Waals surface area contributed by atoms with Crippen molar-refractivity contribution < 1.29 is 0 Å². The van der Waals surface area contributed by atoms with Crippen molar-refractivity contribution >= 4 is 12.0 Å². The molecule has 1 unspecified atom stereocenters. The Labute approximate surface area is 78.1 Å². The Balaban J connectivity index is 2.39. The molecule has 1 atom stereocenters. The molecule has 1 N–H and O–H groups in total. The zero-order chi connectivity index (χ0) is 9.52. The van der Waals surface area contributed by atoms with Crippen molar-refractivity contribution in [3.05, 3.63) is 18.6 Å². The first-order valence-electron chi connectivity index (χ1n) is 4.38. The summed E-state index contributed by atoms with van der Waals surface area (Å²) in [7, 11) is 0. The third-order valence-electron chi connectivity index (χ3n) is 1.72. The van der Waals surface area contributed by atoms with Crippen LogP contribution in [0.4, 0.5) is 5.82 Å². The molecule has 0 amide bonds. The molecule has 0 fully saturated rings. The molecule has 4 heteroatoms. The van der Waals surface area contributed by atoms with E-state index in [1.165, 1.54) is 0 Å². The van der Waals surface area contributed by atoms with Crippen molar-refractivity contribution in [3.8, 4) is 0 Å². The Bertz CT molecular complexity index is 258. The van der Waals surface area contributed by atoms with E-state index in [2.05, 4.69) is 34.3 Å². The summed E-state index contributed by atoms with van der Waals surface area (Å²) in [4.78, 5) is 7.92. The molecule has 0 saturated carbocycles. The number of anilines is 1. The van der Waals surface area contributed by atoms with Gasteiger partial charge < -0.3 is 0 Å². The second kappa shape index (κ2) is 5.24. The SMILES string of the molecule is CCC(C)/C=N/Nc1cnccn1. The van der Waals surface area contributed by atoms with Gasteiger partial charge in [-0.15, -0.1) is 0 Å². The van der Waals surface area contributed by atoms with E-state index in [-0.39, 0.29) is 0 Å². The van der Waals surface area contributed by atoms with E-state index in [1.54, 1.807) is 18.6 Å². The summed E-state index contributed by atoms with van der Waals surface area (Å²) >= 11 is 0. The van der Waals surface area contributed by atoms with Gasteiger partial charge in [-0.1, -0.05) is 13.8 Å². The maximum Gasteiger partial charge on any atom is 0.164 e. The Morgan fingerprint density at radius 3 is 3.08 bits per heavy atom. The van der Waals surface area contributed by atoms with Crippen LogP contribution in [0.1, 0.15) is 20.3 Å². The third-order valence-corrected chi connectivity index (χ3v) is 1.72. The Morgan fingerprint density at radius 2 is 2.46 bits per heavy atom. The van der Waals surface area contributed by atoms with E-state index in [4.69, 9.17) is 0 Å². The van der Waals surface area contributed by atoms with Crippen LogP contribution in [0.2, 0.25) is 0 Å². The highest BCUT2D eigenvalue weighted by molar-refractivity contribution is 5.61. The van der Waals surface area contributed by atoms with E-state index < -0.39 is 0 Å². The molecular formula is C9H14N4. The van der Waals surface area contributed by atoms with Crippen molar-refractivity contribution in [1.82, 2.24) is 9.97 Å². The number of hydrogen-bond donors (Lipinski definition) is 1. The molecule has 1 aromatic heterocycles. The summed E-state index contributed by atoms with van der Waals surface area (Å²) in [6, 6.07) is 0. The van der Waals surface area contributed by atoms with Gasteiger partial charge in [-0.25, -0.2) is 4.98 Å². The predicted molar refractivity (Wildman–Crippen MR) is 53.6 cm³/mol. The lowest BCUT2D eigenvalue weighted by molar-refractivity contribution is 0.753. The molecule has 1 rings (SSSR count). The molecule has 0 spiro atoms. The third kappa shape index (κ3) is 3.64. The molecule has 0 aromatic carbocycles. The molecule has 0 bridgehead atoms. The second-order valence-electron chi connectivity index (χ2n) is 2.87. The van der Waals surface area contributed by atoms with E-state index in [0.29, 0.717) is 11.7 Å². The topological polar surface area (TPSA) is 50.2 Å². The van der Waals surface area contributed by atoms with Crippen LogP contribution >= 0.6 is 0 Å². The van der Waals surface area contributed by atoms with Crippen LogP contribution in [-0.4, -0.2) is 16.2 Å². The minimum atomic E-state index is 0.490. The van der Waals surface area contributed by atoms with Crippen molar-refractivity contribution in [2.24, 2.45) is 11.0 Å². The normalized spacial score (nSPS) is 13.1. The maximum absolute atomic E-state index is 4.03. The van der Waals surface area contributed by atoms with E-state index in [1.807, 2.05) is 6.21 Å². The molecule has 1 heterocycles. The molecule has 13 heavy (non-hydrogen) atoms. The van der Waals surface area contributed by atoms with Gasteiger partial charge in [-0.05, 0) is 12.3 Å². The van der Waals surface area contributed by atoms with Gasteiger partial charge in [0.25, 0.3) is 0 Å². The highest BCUT2D eigenvalue weighted by Gasteiger charge is 1.91. The molecule has 0 radical (unpaired) electrons. The van der Waals surface area contributed by atoms with Crippen LogP contribution in [0, 0.1) is 5.92 Å². The standard InChI is InChI=1S/C9H14N4/c1-3-8(2)6-12-13-9-7-10-4-5-11-9/h4-8H,3H2,1-2H3,(H,11,13)/b12-6+. The van der Waals surface area contributed by atoms with Gasteiger partial charge in [0.1, 0.15) is 0 Å². The van der Waals surface area contributed by atoms with E-state index >= 15 is 0 Å². The first-order valence-corrected chi connectivity index (χ1v) is 4.38. The van der Waals surface area contributed by atoms with Crippen LogP contribution in [0.3, 0.4) is 0 Å². The van der Waals surface area contributed by atoms with Crippen LogP contribution in [0.15, 0.2) is 23.7 Å². The van der Waals surface area contributed by atoms with Crippen molar-refractivity contribution in [2.45, 2.75) is 20.3 Å². The Kier molecular flexibility index (Phi) is 3.88. The second-order valence-corrected chi connectivity index (χ2v) is 2.87. The molecule has 0 aliphatic heterocycles. The molecule has 4 nitrogen and oxygen atoms in total. The van der Waals surface area contributed by atoms with Crippen LogP contribution in [0.5, 0.6) is 0 Å². The van der Waals surface area contributed by atoms with E-state index in [0.717, 1.165) is 6.42 Å². The molecule has 0 aliphatic carbocycles. The Morgan fingerprint density at radius 1 is 1.62 bits per heavy atom. The van der Waals surface area contributed by atoms with Crippen LogP contribution in [-0.2, 0) is 0 Å². The summed E-state index contributed by atoms with van der Waals surface area (Å²) in [6.45, 7) is 4.24. The summed E-state index contributed by atoms with van der Waals surface area (Å²) in [6.07, 6.45) is 7.85. The minimum absolute atomic E-state index is 0.490. The number of rotatable bonds is 4. The summed E-state index contributed by atoms with van der Waals surface area (Å²) in [5.41, 5.74) is 2.81. The largest absolute Gasteiger partial charge is 0.260 e. The maximum atomic E-state index is 4.03. The van der Waals surface area contributed by atoms with Gasteiger partial charge in [0.2, 0.25) is 0 Å². The average Bonchev–Trinajstić information content (AvgIpc) is 2.19. The first-order chi connectivity index (χ1) is 6.33. The van der Waals surface area contributed by atoms with Crippen molar-refractivity contribution in [1.29, 1.82) is 0 Å². The lowest BCUT2D eigenvalue weighted by Crippen LogP contribution is -1.98. The molecule has 70 valence electrons. The van der Waals surface area contributed by atoms with Gasteiger partial charge in [0, 0.05) is 18.6 Å². The zero-order valence-electron chi connectivity index (χ0n) is 7.94. The molecule has 0 saturated heterocycles. The number of nitrogens with zero attached hydrogens (tertiary/aromatic N) is 3. The van der Waals surface area contributed by atoms with Crippen LogP contribution in [0.25, 0.3) is 0 Å². The predicted octanol–water partition coefficient (Wildman–Crippen LogP) is 1.92. The van der Waals surface area contributed by atoms with Gasteiger partial charge in [-0.2, -0.15) is 5.10 Å². The zero-order valence-corrected chi connectivity index (χ0v) is 7.94. The van der Waals surface area contributed by atoms with Gasteiger partial charge in [0.15, 0.2) is 5.82 Å². The highest BCUT2D eigenvalue weighted by Crippen LogP contribution is 1.98. The highest BCUT2D eigenvalue weighted by atomic mass is 15.3. The van der Waals surface area contributed by atoms with Gasteiger partial charge >= 0.3 is 0 Å². The molecular weight excluding hydrogens is 164 g/mol. The summed E-state index contributed by atoms with van der Waals surface area (Å²) in [5.74, 6) is 1.16. The van der Waals surface area contributed by atoms with E-state index in [9.17, 15) is 0 Å². The quantitative estimate of drug-likeness (QED) is 0.566. The fourth-order valence-corrected chi connectivity index (χ4v) is 0.693. The lowest BCUT2D eigenvalue weighted by Gasteiger charge is -1.99. The van der Waals surface area contributed by atoms with Crippen molar-refractivity contribution in [3.63, 3.8) is 0 Å². The summed E-state index contributed by atoms with van der Waals surface area (Å²) < 4.78 is 0. The molecule has 1 aromatic rings. The molecule has 0 aliphatic rings. The first kappa shape index (κ1) is 9.64. The minimum Gasteiger partial charge on any atom is -0.260 e. The number of nitrogens with one attached hydrogen (secondary N) is 1. The number of hydrogen-bond acceptors (Lipinski definition) is 4.